The molecule has 0 atom stereocenters. The lowest BCUT2D eigenvalue weighted by Crippen LogP contribution is -2.17. The maximum Gasteiger partial charge on any atom is 0.263 e. The third kappa shape index (κ3) is 1.47. The van der Waals surface area contributed by atoms with Crippen LogP contribution in [-0.4, -0.2) is 13.0 Å². The molecule has 1 amide bonds. The zero-order chi connectivity index (χ0) is 9.30. The maximum absolute atomic E-state index is 11.2. The Hall–Kier alpha value is -0.550. The summed E-state index contributed by atoms with van der Waals surface area (Å²) in [6, 6.07) is 0. The summed E-state index contributed by atoms with van der Waals surface area (Å²) < 4.78 is 0.825. The number of hydrogen-bond acceptors (Lipinski definition) is 3. The van der Waals surface area contributed by atoms with Gasteiger partial charge >= 0.3 is 0 Å². The second kappa shape index (κ2) is 3.45. The van der Waals surface area contributed by atoms with E-state index >= 15 is 0 Å². The molecular formula is C7H9BrN2OS. The minimum atomic E-state index is -0.133. The first-order valence-corrected chi connectivity index (χ1v) is 4.95. The van der Waals surface area contributed by atoms with Crippen LogP contribution in [0.15, 0.2) is 4.47 Å². The van der Waals surface area contributed by atoms with Gasteiger partial charge in [-0.3, -0.25) is 4.79 Å². The molecule has 12 heavy (non-hydrogen) atoms. The second-order valence-electron chi connectivity index (χ2n) is 2.29. The van der Waals surface area contributed by atoms with Crippen LogP contribution in [0.1, 0.15) is 14.5 Å². The van der Waals surface area contributed by atoms with Crippen LogP contribution in [0, 0.1) is 6.92 Å². The Morgan fingerprint density at radius 1 is 1.67 bits per heavy atom. The van der Waals surface area contributed by atoms with Crippen molar-refractivity contribution in [3.8, 4) is 0 Å². The summed E-state index contributed by atoms with van der Waals surface area (Å²) in [7, 11) is 1.59. The minimum absolute atomic E-state index is 0.133. The van der Waals surface area contributed by atoms with Gasteiger partial charge in [-0.05, 0) is 22.9 Å². The Labute approximate surface area is 83.1 Å². The number of nitrogens with one attached hydrogen (secondary N) is 1. The van der Waals surface area contributed by atoms with E-state index in [1.54, 1.807) is 7.05 Å². The maximum atomic E-state index is 11.2. The number of carbonyl (C=O) groups excluding carboxylic acids is 1. The molecule has 3 N–H and O–H groups in total. The summed E-state index contributed by atoms with van der Waals surface area (Å²) in [5, 5.41) is 2.53. The summed E-state index contributed by atoms with van der Waals surface area (Å²) in [5.74, 6) is -0.133. The first-order valence-electron chi connectivity index (χ1n) is 3.34. The number of hydrogen-bond donors (Lipinski definition) is 2. The normalized spacial score (nSPS) is 9.92. The molecule has 0 aromatic carbocycles. The predicted octanol–water partition coefficient (Wildman–Crippen LogP) is 1.76. The topological polar surface area (TPSA) is 55.1 Å². The first-order chi connectivity index (χ1) is 5.57. The fourth-order valence-electron chi connectivity index (χ4n) is 0.824. The van der Waals surface area contributed by atoms with Crippen molar-refractivity contribution < 1.29 is 4.79 Å². The highest BCUT2D eigenvalue weighted by Gasteiger charge is 2.15. The van der Waals surface area contributed by atoms with Crippen LogP contribution < -0.4 is 11.1 Å². The number of halogens is 1. The highest BCUT2D eigenvalue weighted by atomic mass is 79.9. The standard InChI is InChI=1S/C7H9BrN2OS/c1-3-4(8)5(9)6(12-3)7(11)10-2/h9H2,1-2H3,(H,10,11). The van der Waals surface area contributed by atoms with Gasteiger partial charge in [-0.25, -0.2) is 0 Å². The molecule has 66 valence electrons. The zero-order valence-electron chi connectivity index (χ0n) is 6.77. The second-order valence-corrected chi connectivity index (χ2v) is 4.31. The van der Waals surface area contributed by atoms with Crippen molar-refractivity contribution >= 4 is 38.9 Å². The van der Waals surface area contributed by atoms with Gasteiger partial charge in [0.15, 0.2) is 0 Å². The van der Waals surface area contributed by atoms with Crippen LogP contribution in [0.4, 0.5) is 5.69 Å². The molecular weight excluding hydrogens is 240 g/mol. The third-order valence-electron chi connectivity index (χ3n) is 1.48. The van der Waals surface area contributed by atoms with Gasteiger partial charge < -0.3 is 11.1 Å². The van der Waals surface area contributed by atoms with Crippen molar-refractivity contribution in [2.75, 3.05) is 12.8 Å². The molecule has 0 radical (unpaired) electrons. The molecule has 0 spiro atoms. The van der Waals surface area contributed by atoms with Gasteiger partial charge in [0.25, 0.3) is 5.91 Å². The molecule has 0 aliphatic carbocycles. The highest BCUT2D eigenvalue weighted by molar-refractivity contribution is 9.10. The number of aryl methyl sites for hydroxylation is 1. The van der Waals surface area contributed by atoms with Gasteiger partial charge in [0, 0.05) is 11.9 Å². The molecule has 5 heteroatoms. The van der Waals surface area contributed by atoms with Gasteiger partial charge in [-0.2, -0.15) is 0 Å². The van der Waals surface area contributed by atoms with Crippen LogP contribution in [0.3, 0.4) is 0 Å². The largest absolute Gasteiger partial charge is 0.396 e. The Morgan fingerprint density at radius 3 is 2.58 bits per heavy atom. The zero-order valence-corrected chi connectivity index (χ0v) is 9.17. The number of anilines is 1. The van der Waals surface area contributed by atoms with Gasteiger partial charge in [0.1, 0.15) is 4.88 Å². The molecule has 0 saturated heterocycles. The highest BCUT2D eigenvalue weighted by Crippen LogP contribution is 2.34. The number of rotatable bonds is 1. The summed E-state index contributed by atoms with van der Waals surface area (Å²) in [4.78, 5) is 12.8. The van der Waals surface area contributed by atoms with Crippen LogP contribution in [0.25, 0.3) is 0 Å². The number of thiophene rings is 1. The molecule has 0 bridgehead atoms. The quantitative estimate of drug-likeness (QED) is 0.796. The van der Waals surface area contributed by atoms with E-state index in [-0.39, 0.29) is 5.91 Å². The lowest BCUT2D eigenvalue weighted by atomic mass is 10.3. The summed E-state index contributed by atoms with van der Waals surface area (Å²) in [5.41, 5.74) is 6.21. The van der Waals surface area contributed by atoms with Crippen molar-refractivity contribution in [3.63, 3.8) is 0 Å². The number of amides is 1. The summed E-state index contributed by atoms with van der Waals surface area (Å²) >= 11 is 4.69. The lowest BCUT2D eigenvalue weighted by molar-refractivity contribution is 0.0968. The minimum Gasteiger partial charge on any atom is -0.396 e. The fourth-order valence-corrected chi connectivity index (χ4v) is 2.31. The van der Waals surface area contributed by atoms with Crippen molar-refractivity contribution in [3.05, 3.63) is 14.2 Å². The van der Waals surface area contributed by atoms with Crippen LogP contribution in [0.5, 0.6) is 0 Å². The average molecular weight is 249 g/mol. The van der Waals surface area contributed by atoms with Crippen LogP contribution >= 0.6 is 27.3 Å². The van der Waals surface area contributed by atoms with E-state index in [0.29, 0.717) is 10.6 Å². The van der Waals surface area contributed by atoms with Crippen molar-refractivity contribution in [1.82, 2.24) is 5.32 Å². The van der Waals surface area contributed by atoms with Crippen molar-refractivity contribution in [2.45, 2.75) is 6.92 Å². The SMILES string of the molecule is CNC(=O)c1sc(C)c(Br)c1N. The Kier molecular flexibility index (Phi) is 2.74. The van der Waals surface area contributed by atoms with Gasteiger partial charge in [-0.15, -0.1) is 11.3 Å². The number of nitrogen functional groups attached to an aromatic ring is 1. The molecule has 1 aromatic rings. The monoisotopic (exact) mass is 248 g/mol. The molecule has 0 aliphatic rings. The number of nitrogens with two attached hydrogens (primary N) is 1. The smallest absolute Gasteiger partial charge is 0.263 e. The molecule has 1 aromatic heterocycles. The van der Waals surface area contributed by atoms with Crippen LogP contribution in [0.2, 0.25) is 0 Å². The van der Waals surface area contributed by atoms with E-state index in [9.17, 15) is 4.79 Å². The average Bonchev–Trinajstić information content (AvgIpc) is 2.32. The van der Waals surface area contributed by atoms with E-state index in [1.165, 1.54) is 11.3 Å². The molecule has 0 aliphatic heterocycles. The molecule has 1 heterocycles. The van der Waals surface area contributed by atoms with Crippen LogP contribution in [-0.2, 0) is 0 Å². The summed E-state index contributed by atoms with van der Waals surface area (Å²) in [6.07, 6.45) is 0. The van der Waals surface area contributed by atoms with E-state index in [1.807, 2.05) is 6.92 Å². The number of carbonyl (C=O) groups is 1. The molecule has 0 unspecified atom stereocenters. The predicted molar refractivity (Wildman–Crippen MR) is 54.6 cm³/mol. The van der Waals surface area contributed by atoms with Gasteiger partial charge in [-0.1, -0.05) is 0 Å². The summed E-state index contributed by atoms with van der Waals surface area (Å²) in [6.45, 7) is 1.91. The lowest BCUT2D eigenvalue weighted by Gasteiger charge is -1.95. The van der Waals surface area contributed by atoms with Crippen molar-refractivity contribution in [1.29, 1.82) is 0 Å². The van der Waals surface area contributed by atoms with Gasteiger partial charge in [0.05, 0.1) is 10.2 Å². The van der Waals surface area contributed by atoms with E-state index in [4.69, 9.17) is 5.73 Å². The van der Waals surface area contributed by atoms with E-state index in [0.717, 1.165) is 9.35 Å². The Bertz CT molecular complexity index is 321. The Morgan fingerprint density at radius 2 is 2.25 bits per heavy atom. The Balaban J connectivity index is 3.17. The molecule has 3 nitrogen and oxygen atoms in total. The van der Waals surface area contributed by atoms with E-state index < -0.39 is 0 Å². The van der Waals surface area contributed by atoms with Gasteiger partial charge in [0.2, 0.25) is 0 Å². The fraction of sp³-hybridized carbons (Fsp3) is 0.286. The van der Waals surface area contributed by atoms with Crippen molar-refractivity contribution in [2.24, 2.45) is 0 Å². The molecule has 0 fully saturated rings. The molecule has 0 saturated carbocycles. The third-order valence-corrected chi connectivity index (χ3v) is 3.88. The molecule has 1 rings (SSSR count). The first kappa shape index (κ1) is 9.54. The van der Waals surface area contributed by atoms with E-state index in [2.05, 4.69) is 21.2 Å².